The van der Waals surface area contributed by atoms with Crippen LogP contribution in [0.2, 0.25) is 0 Å². The van der Waals surface area contributed by atoms with E-state index in [2.05, 4.69) is 134 Å². The van der Waals surface area contributed by atoms with Gasteiger partial charge in [0.25, 0.3) is 0 Å². The summed E-state index contributed by atoms with van der Waals surface area (Å²) < 4.78 is 0. The lowest BCUT2D eigenvalue weighted by molar-refractivity contribution is 0.459. The zero-order chi connectivity index (χ0) is 29.6. The van der Waals surface area contributed by atoms with E-state index in [1.165, 1.54) is 49.7 Å². The van der Waals surface area contributed by atoms with Gasteiger partial charge in [-0.1, -0.05) is 117 Å². The third-order valence-electron chi connectivity index (χ3n) is 9.00. The Hall–Kier alpha value is -4.86. The molecule has 0 radical (unpaired) electrons. The third kappa shape index (κ3) is 4.76. The largest absolute Gasteiger partial charge is 0.400 e. The van der Waals surface area contributed by atoms with E-state index in [1.54, 1.807) is 0 Å². The summed E-state index contributed by atoms with van der Waals surface area (Å²) in [5, 5.41) is 10.0. The summed E-state index contributed by atoms with van der Waals surface area (Å²) in [6.07, 6.45) is 8.09. The van der Waals surface area contributed by atoms with Crippen molar-refractivity contribution in [2.45, 2.75) is 38.4 Å². The Morgan fingerprint density at radius 1 is 0.744 bits per heavy atom. The summed E-state index contributed by atoms with van der Waals surface area (Å²) in [7, 11) is 0. The van der Waals surface area contributed by atoms with Gasteiger partial charge in [-0.3, -0.25) is 5.32 Å². The number of nitrogens with two attached hydrogens (primary N) is 1. The second-order valence-corrected chi connectivity index (χ2v) is 12.1. The van der Waals surface area contributed by atoms with Crippen LogP contribution in [0.1, 0.15) is 49.2 Å². The van der Waals surface area contributed by atoms with Crippen molar-refractivity contribution < 1.29 is 0 Å². The monoisotopic (exact) mass is 559 g/mol. The Bertz CT molecular complexity index is 1930. The van der Waals surface area contributed by atoms with Crippen molar-refractivity contribution in [2.24, 2.45) is 5.73 Å². The molecule has 0 bridgehead atoms. The molecule has 212 valence electrons. The molecule has 0 aromatic heterocycles. The van der Waals surface area contributed by atoms with Gasteiger partial charge in [-0.25, -0.2) is 0 Å². The molecule has 1 aliphatic heterocycles. The summed E-state index contributed by atoms with van der Waals surface area (Å²) >= 11 is 0. The second kappa shape index (κ2) is 10.8. The van der Waals surface area contributed by atoms with Crippen LogP contribution in [0.4, 0.5) is 0 Å². The lowest BCUT2D eigenvalue weighted by atomic mass is 9.81. The van der Waals surface area contributed by atoms with Gasteiger partial charge < -0.3 is 11.1 Å². The van der Waals surface area contributed by atoms with Crippen molar-refractivity contribution in [3.8, 4) is 22.3 Å². The second-order valence-electron chi connectivity index (χ2n) is 12.1. The van der Waals surface area contributed by atoms with Crippen LogP contribution in [-0.4, -0.2) is 6.04 Å². The molecule has 2 unspecified atom stereocenters. The van der Waals surface area contributed by atoms with Crippen LogP contribution in [0.3, 0.4) is 0 Å². The molecule has 2 aliphatic rings. The van der Waals surface area contributed by atoms with Crippen LogP contribution < -0.4 is 16.4 Å². The number of nitrogens with one attached hydrogen (secondary N) is 2. The fraction of sp³-hybridized carbons (Fsp3) is 0.150. The highest BCUT2D eigenvalue weighted by atomic mass is 15.2. The summed E-state index contributed by atoms with van der Waals surface area (Å²) in [6.45, 7) is 6.71. The van der Waals surface area contributed by atoms with Gasteiger partial charge >= 0.3 is 0 Å². The average Bonchev–Trinajstić information content (AvgIpc) is 3.28. The van der Waals surface area contributed by atoms with E-state index in [9.17, 15) is 0 Å². The molecule has 3 heteroatoms. The minimum atomic E-state index is -0.108. The number of fused-ring (bicyclic) bond motifs is 4. The Labute approximate surface area is 254 Å². The predicted molar refractivity (Wildman–Crippen MR) is 181 cm³/mol. The molecular formula is C40H37N3. The van der Waals surface area contributed by atoms with E-state index < -0.39 is 0 Å². The maximum absolute atomic E-state index is 6.58. The minimum Gasteiger partial charge on any atom is -0.400 e. The number of benzene rings is 5. The van der Waals surface area contributed by atoms with Crippen LogP contribution in [0, 0.1) is 0 Å². The smallest absolute Gasteiger partial charge is 0.104 e. The number of rotatable bonds is 5. The minimum absolute atomic E-state index is 0.0747. The first kappa shape index (κ1) is 27.0. The van der Waals surface area contributed by atoms with Crippen molar-refractivity contribution in [1.29, 1.82) is 0 Å². The average molecular weight is 560 g/mol. The first-order chi connectivity index (χ1) is 20.9. The van der Waals surface area contributed by atoms with Gasteiger partial charge in [0.15, 0.2) is 0 Å². The molecule has 5 aromatic rings. The van der Waals surface area contributed by atoms with E-state index in [0.29, 0.717) is 0 Å². The molecule has 3 nitrogen and oxygen atoms in total. The fourth-order valence-corrected chi connectivity index (χ4v) is 6.72. The molecule has 43 heavy (non-hydrogen) atoms. The highest BCUT2D eigenvalue weighted by molar-refractivity contribution is 5.98. The highest BCUT2D eigenvalue weighted by Gasteiger charge is 2.37. The molecule has 4 N–H and O–H groups in total. The predicted octanol–water partition coefficient (Wildman–Crippen LogP) is 8.83. The summed E-state index contributed by atoms with van der Waals surface area (Å²) in [5.74, 6) is 0. The number of hydrogen-bond donors (Lipinski definition) is 3. The Kier molecular flexibility index (Phi) is 6.76. The SMILES string of the molecule is C/C=C\C=C(/N)C1C=C(c2cccc(-c3cccc4c3-c3cc5ccccc5cc3C4(C)C)c2)NC(c2ccccc2)N1. The van der Waals surface area contributed by atoms with Gasteiger partial charge in [-0.2, -0.15) is 0 Å². The van der Waals surface area contributed by atoms with Gasteiger partial charge in [-0.05, 0) is 92.6 Å². The fourth-order valence-electron chi connectivity index (χ4n) is 6.72. The zero-order valence-electron chi connectivity index (χ0n) is 24.9. The summed E-state index contributed by atoms with van der Waals surface area (Å²) in [4.78, 5) is 0. The van der Waals surface area contributed by atoms with E-state index in [0.717, 1.165) is 17.0 Å². The first-order valence-electron chi connectivity index (χ1n) is 15.1. The zero-order valence-corrected chi connectivity index (χ0v) is 24.9. The lowest BCUT2D eigenvalue weighted by Gasteiger charge is -2.33. The Balaban J connectivity index is 1.34. The van der Waals surface area contributed by atoms with Gasteiger partial charge in [0.2, 0.25) is 0 Å². The molecule has 1 heterocycles. The first-order valence-corrected chi connectivity index (χ1v) is 15.1. The lowest BCUT2D eigenvalue weighted by Crippen LogP contribution is -2.45. The molecule has 0 saturated carbocycles. The maximum atomic E-state index is 6.58. The molecule has 0 spiro atoms. The van der Waals surface area contributed by atoms with Crippen LogP contribution >= 0.6 is 0 Å². The van der Waals surface area contributed by atoms with E-state index in [-0.39, 0.29) is 17.6 Å². The maximum Gasteiger partial charge on any atom is 0.104 e. The number of allylic oxidation sites excluding steroid dienone is 3. The number of hydrogen-bond acceptors (Lipinski definition) is 3. The van der Waals surface area contributed by atoms with E-state index in [1.807, 2.05) is 31.2 Å². The molecule has 5 aromatic carbocycles. The topological polar surface area (TPSA) is 50.1 Å². The van der Waals surface area contributed by atoms with Crippen LogP contribution in [0.15, 0.2) is 139 Å². The van der Waals surface area contributed by atoms with Gasteiger partial charge in [0, 0.05) is 16.8 Å². The van der Waals surface area contributed by atoms with Crippen molar-refractivity contribution in [3.05, 3.63) is 161 Å². The highest BCUT2D eigenvalue weighted by Crippen LogP contribution is 2.53. The Morgan fingerprint density at radius 3 is 2.26 bits per heavy atom. The molecule has 0 fully saturated rings. The van der Waals surface area contributed by atoms with Crippen LogP contribution in [-0.2, 0) is 5.41 Å². The van der Waals surface area contributed by atoms with Crippen molar-refractivity contribution in [1.82, 2.24) is 10.6 Å². The van der Waals surface area contributed by atoms with Gasteiger partial charge in [0.1, 0.15) is 6.17 Å². The van der Waals surface area contributed by atoms with E-state index >= 15 is 0 Å². The molecule has 1 aliphatic carbocycles. The molecule has 2 atom stereocenters. The van der Waals surface area contributed by atoms with Crippen molar-refractivity contribution in [3.63, 3.8) is 0 Å². The normalized spacial score (nSPS) is 19.1. The summed E-state index contributed by atoms with van der Waals surface area (Å²) in [6, 6.07) is 39.5. The molecule has 0 saturated heterocycles. The van der Waals surface area contributed by atoms with Gasteiger partial charge in [-0.15, -0.1) is 0 Å². The van der Waals surface area contributed by atoms with Crippen LogP contribution in [0.25, 0.3) is 38.7 Å². The molecule has 0 amide bonds. The molecule has 7 rings (SSSR count). The van der Waals surface area contributed by atoms with Crippen LogP contribution in [0.5, 0.6) is 0 Å². The quantitative estimate of drug-likeness (QED) is 0.189. The third-order valence-corrected chi connectivity index (χ3v) is 9.00. The summed E-state index contributed by atoms with van der Waals surface area (Å²) in [5.41, 5.74) is 18.6. The van der Waals surface area contributed by atoms with Gasteiger partial charge in [0.05, 0.1) is 6.04 Å². The van der Waals surface area contributed by atoms with E-state index in [4.69, 9.17) is 5.73 Å². The van der Waals surface area contributed by atoms with Crippen molar-refractivity contribution in [2.75, 3.05) is 0 Å². The Morgan fingerprint density at radius 2 is 1.47 bits per heavy atom. The standard InChI is InChI=1S/C40H37N3/c1-4-5-21-35(41)37-25-36(42-39(43-37)26-13-7-6-8-14-26)30-18-11-17-29(22-30)31-19-12-20-33-38(31)32-23-27-15-9-10-16-28(27)24-34(32)40(33,2)3/h4-25,37,39,42-43H,41H2,1-3H3/b5-4-,35-21-. The molecular weight excluding hydrogens is 522 g/mol. The van der Waals surface area contributed by atoms with Crippen molar-refractivity contribution >= 4 is 16.5 Å².